The molecule has 0 bridgehead atoms. The number of rotatable bonds is 7. The Balaban J connectivity index is 1.67. The lowest BCUT2D eigenvalue weighted by Crippen LogP contribution is -2.28. The molecular formula is C24H25FN2O3S. The maximum absolute atomic E-state index is 13.8. The Morgan fingerprint density at radius 3 is 2.13 bits per heavy atom. The SMILES string of the molecule is Cc1ccc(S(=O)(=O)N(C)c2ccc(CC(=O)N(C)Cc3ccccc3F)cc2)cc1. The van der Waals surface area contributed by atoms with Crippen LogP contribution in [0.15, 0.2) is 77.7 Å². The van der Waals surface area contributed by atoms with Crippen LogP contribution in [0.4, 0.5) is 10.1 Å². The van der Waals surface area contributed by atoms with Crippen LogP contribution in [0, 0.1) is 12.7 Å². The van der Waals surface area contributed by atoms with Crippen molar-refractivity contribution >= 4 is 21.6 Å². The van der Waals surface area contributed by atoms with Crippen LogP contribution in [0.1, 0.15) is 16.7 Å². The van der Waals surface area contributed by atoms with Gasteiger partial charge in [0, 0.05) is 26.2 Å². The Hall–Kier alpha value is -3.19. The molecule has 0 fully saturated rings. The van der Waals surface area contributed by atoms with E-state index >= 15 is 0 Å². The molecule has 5 nitrogen and oxygen atoms in total. The fourth-order valence-corrected chi connectivity index (χ4v) is 4.31. The molecule has 3 aromatic carbocycles. The van der Waals surface area contributed by atoms with Crippen molar-refractivity contribution in [1.29, 1.82) is 0 Å². The minimum Gasteiger partial charge on any atom is -0.341 e. The van der Waals surface area contributed by atoms with Crippen molar-refractivity contribution in [3.63, 3.8) is 0 Å². The van der Waals surface area contributed by atoms with Crippen molar-refractivity contribution in [3.05, 3.63) is 95.3 Å². The molecule has 3 aromatic rings. The monoisotopic (exact) mass is 440 g/mol. The van der Waals surface area contributed by atoms with Crippen LogP contribution in [-0.2, 0) is 27.8 Å². The first-order valence-electron chi connectivity index (χ1n) is 9.80. The molecule has 3 rings (SSSR count). The maximum atomic E-state index is 13.8. The number of carbonyl (C=O) groups is 1. The number of nitrogens with zero attached hydrogens (tertiary/aromatic N) is 2. The lowest BCUT2D eigenvalue weighted by atomic mass is 10.1. The first-order valence-corrected chi connectivity index (χ1v) is 11.2. The van der Waals surface area contributed by atoms with Gasteiger partial charge in [-0.2, -0.15) is 0 Å². The van der Waals surface area contributed by atoms with E-state index in [-0.39, 0.29) is 29.6 Å². The smallest absolute Gasteiger partial charge is 0.264 e. The van der Waals surface area contributed by atoms with Gasteiger partial charge in [-0.1, -0.05) is 48.0 Å². The second-order valence-corrected chi connectivity index (χ2v) is 9.44. The van der Waals surface area contributed by atoms with Crippen LogP contribution >= 0.6 is 0 Å². The van der Waals surface area contributed by atoms with Crippen LogP contribution in [0.5, 0.6) is 0 Å². The topological polar surface area (TPSA) is 57.7 Å². The Labute approximate surface area is 182 Å². The zero-order chi connectivity index (χ0) is 22.6. The number of anilines is 1. The van der Waals surface area contributed by atoms with Crippen LogP contribution in [0.2, 0.25) is 0 Å². The van der Waals surface area contributed by atoms with Gasteiger partial charge in [-0.05, 0) is 42.8 Å². The molecule has 0 radical (unpaired) electrons. The lowest BCUT2D eigenvalue weighted by molar-refractivity contribution is -0.129. The van der Waals surface area contributed by atoms with Crippen LogP contribution in [-0.4, -0.2) is 33.3 Å². The van der Waals surface area contributed by atoms with Gasteiger partial charge in [0.05, 0.1) is 17.0 Å². The summed E-state index contributed by atoms with van der Waals surface area (Å²) < 4.78 is 40.7. The third-order valence-electron chi connectivity index (χ3n) is 5.13. The van der Waals surface area contributed by atoms with Gasteiger partial charge in [0.25, 0.3) is 10.0 Å². The number of amides is 1. The highest BCUT2D eigenvalue weighted by Crippen LogP contribution is 2.23. The van der Waals surface area contributed by atoms with E-state index in [1.54, 1.807) is 73.8 Å². The van der Waals surface area contributed by atoms with Gasteiger partial charge in [-0.3, -0.25) is 9.10 Å². The summed E-state index contributed by atoms with van der Waals surface area (Å²) in [6, 6.07) is 19.8. The Morgan fingerprint density at radius 1 is 0.903 bits per heavy atom. The Kier molecular flexibility index (Phi) is 6.75. The van der Waals surface area contributed by atoms with E-state index in [0.717, 1.165) is 11.1 Å². The average molecular weight is 441 g/mol. The number of sulfonamides is 1. The largest absolute Gasteiger partial charge is 0.341 e. The first-order chi connectivity index (χ1) is 14.7. The summed E-state index contributed by atoms with van der Waals surface area (Å²) in [5.74, 6) is -0.499. The molecule has 7 heteroatoms. The number of likely N-dealkylation sites (N-methyl/N-ethyl adjacent to an activating group) is 1. The number of hydrogen-bond donors (Lipinski definition) is 0. The Morgan fingerprint density at radius 2 is 1.52 bits per heavy atom. The quantitative estimate of drug-likeness (QED) is 0.554. The molecule has 0 aliphatic carbocycles. The van der Waals surface area contributed by atoms with Gasteiger partial charge in [0.15, 0.2) is 0 Å². The predicted octanol–water partition coefficient (Wildman–Crippen LogP) is 4.16. The number of hydrogen-bond acceptors (Lipinski definition) is 3. The number of aryl methyl sites for hydroxylation is 1. The van der Waals surface area contributed by atoms with Crippen molar-refractivity contribution in [2.75, 3.05) is 18.4 Å². The number of carbonyl (C=O) groups excluding carboxylic acids is 1. The minimum atomic E-state index is -3.67. The molecule has 162 valence electrons. The Bertz CT molecular complexity index is 1160. The molecular weight excluding hydrogens is 415 g/mol. The van der Waals surface area contributed by atoms with Crippen LogP contribution < -0.4 is 4.31 Å². The van der Waals surface area contributed by atoms with Crippen molar-refractivity contribution in [3.8, 4) is 0 Å². The predicted molar refractivity (Wildman–Crippen MR) is 120 cm³/mol. The third-order valence-corrected chi connectivity index (χ3v) is 6.93. The minimum absolute atomic E-state index is 0.139. The summed E-state index contributed by atoms with van der Waals surface area (Å²) in [4.78, 5) is 14.2. The molecule has 0 saturated heterocycles. The van der Waals surface area contributed by atoms with Crippen molar-refractivity contribution in [1.82, 2.24) is 4.90 Å². The molecule has 31 heavy (non-hydrogen) atoms. The van der Waals surface area contributed by atoms with Gasteiger partial charge in [-0.15, -0.1) is 0 Å². The fraction of sp³-hybridized carbons (Fsp3) is 0.208. The van der Waals surface area contributed by atoms with E-state index < -0.39 is 10.0 Å². The first kappa shape index (κ1) is 22.5. The van der Waals surface area contributed by atoms with E-state index in [1.165, 1.54) is 22.3 Å². The molecule has 0 saturated carbocycles. The van der Waals surface area contributed by atoms with Crippen molar-refractivity contribution in [2.45, 2.75) is 24.8 Å². The summed E-state index contributed by atoms with van der Waals surface area (Å²) in [6.07, 6.45) is 0.139. The molecule has 0 atom stereocenters. The molecule has 0 N–H and O–H groups in total. The average Bonchev–Trinajstić information content (AvgIpc) is 2.75. The van der Waals surface area contributed by atoms with Crippen molar-refractivity contribution < 1.29 is 17.6 Å². The second kappa shape index (κ2) is 9.31. The molecule has 0 aliphatic rings. The van der Waals surface area contributed by atoms with Crippen LogP contribution in [0.3, 0.4) is 0 Å². The van der Waals surface area contributed by atoms with E-state index in [2.05, 4.69) is 0 Å². The number of halogens is 1. The standard InChI is InChI=1S/C24H25FN2O3S/c1-18-8-14-22(15-9-18)31(29,30)27(3)21-12-10-19(11-13-21)16-24(28)26(2)17-20-6-4-5-7-23(20)25/h4-15H,16-17H2,1-3H3. The lowest BCUT2D eigenvalue weighted by Gasteiger charge is -2.20. The van der Waals surface area contributed by atoms with Gasteiger partial charge in [0.2, 0.25) is 5.91 Å². The molecule has 0 spiro atoms. The van der Waals surface area contributed by atoms with Gasteiger partial charge in [-0.25, -0.2) is 12.8 Å². The van der Waals surface area contributed by atoms with E-state index in [1.807, 2.05) is 6.92 Å². The highest BCUT2D eigenvalue weighted by molar-refractivity contribution is 7.92. The summed E-state index contributed by atoms with van der Waals surface area (Å²) in [5.41, 5.74) is 2.68. The summed E-state index contributed by atoms with van der Waals surface area (Å²) in [7, 11) is -0.547. The van der Waals surface area contributed by atoms with Crippen LogP contribution in [0.25, 0.3) is 0 Å². The summed E-state index contributed by atoms with van der Waals surface area (Å²) >= 11 is 0. The van der Waals surface area contributed by atoms with Gasteiger partial charge < -0.3 is 4.90 Å². The summed E-state index contributed by atoms with van der Waals surface area (Å²) in [5, 5.41) is 0. The summed E-state index contributed by atoms with van der Waals surface area (Å²) in [6.45, 7) is 2.08. The second-order valence-electron chi connectivity index (χ2n) is 7.47. The highest BCUT2D eigenvalue weighted by Gasteiger charge is 2.21. The molecule has 0 aromatic heterocycles. The van der Waals surface area contributed by atoms with Crippen molar-refractivity contribution in [2.24, 2.45) is 0 Å². The number of benzene rings is 3. The maximum Gasteiger partial charge on any atom is 0.264 e. The van der Waals surface area contributed by atoms with E-state index in [0.29, 0.717) is 11.3 Å². The normalized spacial score (nSPS) is 11.2. The zero-order valence-electron chi connectivity index (χ0n) is 17.7. The van der Waals surface area contributed by atoms with Gasteiger partial charge >= 0.3 is 0 Å². The van der Waals surface area contributed by atoms with E-state index in [4.69, 9.17) is 0 Å². The van der Waals surface area contributed by atoms with E-state index in [9.17, 15) is 17.6 Å². The molecule has 0 unspecified atom stereocenters. The third kappa shape index (κ3) is 5.30. The molecule has 0 aliphatic heterocycles. The highest BCUT2D eigenvalue weighted by atomic mass is 32.2. The molecule has 0 heterocycles. The fourth-order valence-electron chi connectivity index (χ4n) is 3.11. The zero-order valence-corrected chi connectivity index (χ0v) is 18.6. The molecule has 1 amide bonds. The van der Waals surface area contributed by atoms with Gasteiger partial charge in [0.1, 0.15) is 5.82 Å².